The highest BCUT2D eigenvalue weighted by Crippen LogP contribution is 2.20. The van der Waals surface area contributed by atoms with Crippen LogP contribution in [0.1, 0.15) is 11.6 Å². The standard InChI is InChI=1S/C13H19N3O3S/c1-14-10(8-20(4,18)19)9-5-6-11-12(7-9)16(3)13(17)15(11)2/h5-7,10,14H,8H2,1-4H3. The van der Waals surface area contributed by atoms with Gasteiger partial charge in [-0.25, -0.2) is 13.2 Å². The Hall–Kier alpha value is -1.60. The highest BCUT2D eigenvalue weighted by Gasteiger charge is 2.17. The van der Waals surface area contributed by atoms with Crippen molar-refractivity contribution in [1.29, 1.82) is 0 Å². The van der Waals surface area contributed by atoms with Gasteiger partial charge < -0.3 is 5.32 Å². The summed E-state index contributed by atoms with van der Waals surface area (Å²) in [7, 11) is 2.07. The predicted octanol–water partition coefficient (Wildman–Crippen LogP) is 0.182. The predicted molar refractivity (Wildman–Crippen MR) is 79.7 cm³/mol. The van der Waals surface area contributed by atoms with Crippen LogP contribution in [-0.2, 0) is 23.9 Å². The Morgan fingerprint density at radius 1 is 1.20 bits per heavy atom. The van der Waals surface area contributed by atoms with Gasteiger partial charge in [0.05, 0.1) is 16.8 Å². The van der Waals surface area contributed by atoms with E-state index in [9.17, 15) is 13.2 Å². The Morgan fingerprint density at radius 2 is 1.80 bits per heavy atom. The number of hydrogen-bond acceptors (Lipinski definition) is 4. The number of hydrogen-bond donors (Lipinski definition) is 1. The molecule has 0 saturated heterocycles. The van der Waals surface area contributed by atoms with Crippen LogP contribution in [0.3, 0.4) is 0 Å². The highest BCUT2D eigenvalue weighted by atomic mass is 32.2. The van der Waals surface area contributed by atoms with E-state index in [4.69, 9.17) is 0 Å². The minimum atomic E-state index is -3.09. The van der Waals surface area contributed by atoms with E-state index < -0.39 is 9.84 Å². The van der Waals surface area contributed by atoms with E-state index >= 15 is 0 Å². The molecule has 0 aliphatic rings. The average Bonchev–Trinajstić information content (AvgIpc) is 2.60. The summed E-state index contributed by atoms with van der Waals surface area (Å²) in [5, 5.41) is 3.01. The van der Waals surface area contributed by atoms with Crippen LogP contribution in [0.25, 0.3) is 11.0 Å². The zero-order valence-electron chi connectivity index (χ0n) is 12.0. The zero-order valence-corrected chi connectivity index (χ0v) is 12.9. The Bertz CT molecular complexity index is 802. The number of sulfone groups is 1. The fourth-order valence-corrected chi connectivity index (χ4v) is 3.35. The smallest absolute Gasteiger partial charge is 0.312 e. The lowest BCUT2D eigenvalue weighted by molar-refractivity contribution is 0.579. The molecular formula is C13H19N3O3S. The van der Waals surface area contributed by atoms with Crippen LogP contribution < -0.4 is 11.0 Å². The van der Waals surface area contributed by atoms with Crippen molar-refractivity contribution in [2.24, 2.45) is 14.1 Å². The summed E-state index contributed by atoms with van der Waals surface area (Å²) in [6.45, 7) is 0. The largest absolute Gasteiger partial charge is 0.328 e. The van der Waals surface area contributed by atoms with Gasteiger partial charge in [-0.3, -0.25) is 9.13 Å². The quantitative estimate of drug-likeness (QED) is 0.874. The van der Waals surface area contributed by atoms with E-state index in [1.807, 2.05) is 18.2 Å². The molecule has 2 aromatic rings. The first kappa shape index (κ1) is 14.8. The van der Waals surface area contributed by atoms with Crippen molar-refractivity contribution in [2.45, 2.75) is 6.04 Å². The van der Waals surface area contributed by atoms with Crippen LogP contribution in [0.4, 0.5) is 0 Å². The SMILES string of the molecule is CNC(CS(C)(=O)=O)c1ccc2c(c1)n(C)c(=O)n2C. The Labute approximate surface area is 117 Å². The maximum atomic E-state index is 11.9. The van der Waals surface area contributed by atoms with Crippen LogP contribution >= 0.6 is 0 Å². The van der Waals surface area contributed by atoms with Gasteiger partial charge >= 0.3 is 5.69 Å². The van der Waals surface area contributed by atoms with E-state index in [0.717, 1.165) is 16.6 Å². The molecule has 0 amide bonds. The molecule has 0 aliphatic carbocycles. The molecule has 1 aromatic heterocycles. The van der Waals surface area contributed by atoms with Gasteiger partial charge in [-0.05, 0) is 24.7 Å². The van der Waals surface area contributed by atoms with Crippen molar-refractivity contribution < 1.29 is 8.42 Å². The van der Waals surface area contributed by atoms with Crippen LogP contribution in [-0.4, -0.2) is 36.6 Å². The molecule has 0 fully saturated rings. The molecular weight excluding hydrogens is 278 g/mol. The van der Waals surface area contributed by atoms with Gasteiger partial charge in [0.15, 0.2) is 0 Å². The summed E-state index contributed by atoms with van der Waals surface area (Å²) >= 11 is 0. The lowest BCUT2D eigenvalue weighted by atomic mass is 10.1. The summed E-state index contributed by atoms with van der Waals surface area (Å²) in [5.41, 5.74) is 2.38. The van der Waals surface area contributed by atoms with Crippen LogP contribution in [0.5, 0.6) is 0 Å². The molecule has 110 valence electrons. The number of aromatic nitrogens is 2. The molecule has 1 atom stereocenters. The molecule has 0 saturated carbocycles. The molecule has 20 heavy (non-hydrogen) atoms. The molecule has 2 rings (SSSR count). The van der Waals surface area contributed by atoms with Crippen LogP contribution in [0.2, 0.25) is 0 Å². The van der Waals surface area contributed by atoms with Crippen molar-refractivity contribution in [1.82, 2.24) is 14.5 Å². The van der Waals surface area contributed by atoms with Gasteiger partial charge in [-0.1, -0.05) is 6.07 Å². The molecule has 1 unspecified atom stereocenters. The van der Waals surface area contributed by atoms with Gasteiger partial charge in [0, 0.05) is 26.4 Å². The maximum Gasteiger partial charge on any atom is 0.328 e. The molecule has 0 bridgehead atoms. The van der Waals surface area contributed by atoms with Crippen molar-refractivity contribution in [3.05, 3.63) is 34.2 Å². The van der Waals surface area contributed by atoms with Gasteiger partial charge in [-0.2, -0.15) is 0 Å². The van der Waals surface area contributed by atoms with E-state index in [0.29, 0.717) is 0 Å². The van der Waals surface area contributed by atoms with Crippen LogP contribution in [0.15, 0.2) is 23.0 Å². The third-order valence-electron chi connectivity index (χ3n) is 3.52. The second-order valence-electron chi connectivity index (χ2n) is 5.08. The minimum absolute atomic E-state index is 0.0236. The van der Waals surface area contributed by atoms with E-state index in [1.165, 1.54) is 6.26 Å². The highest BCUT2D eigenvalue weighted by molar-refractivity contribution is 7.90. The molecule has 1 heterocycles. The summed E-state index contributed by atoms with van der Waals surface area (Å²) in [4.78, 5) is 11.9. The monoisotopic (exact) mass is 297 g/mol. The molecule has 6 nitrogen and oxygen atoms in total. The Kier molecular flexibility index (Phi) is 3.75. The zero-order chi connectivity index (χ0) is 15.1. The fraction of sp³-hybridized carbons (Fsp3) is 0.462. The number of nitrogens with one attached hydrogen (secondary N) is 1. The molecule has 1 N–H and O–H groups in total. The third kappa shape index (κ3) is 2.64. The molecule has 0 spiro atoms. The van der Waals surface area contributed by atoms with E-state index in [1.54, 1.807) is 30.3 Å². The van der Waals surface area contributed by atoms with E-state index in [-0.39, 0.29) is 17.5 Å². The Balaban J connectivity index is 2.56. The van der Waals surface area contributed by atoms with E-state index in [2.05, 4.69) is 5.32 Å². The number of benzene rings is 1. The molecule has 7 heteroatoms. The van der Waals surface area contributed by atoms with Crippen LogP contribution in [0, 0.1) is 0 Å². The topological polar surface area (TPSA) is 73.1 Å². The number of nitrogens with zero attached hydrogens (tertiary/aromatic N) is 2. The first-order valence-electron chi connectivity index (χ1n) is 6.25. The van der Waals surface area contributed by atoms with Crippen molar-refractivity contribution in [2.75, 3.05) is 19.1 Å². The van der Waals surface area contributed by atoms with Gasteiger partial charge in [0.25, 0.3) is 0 Å². The van der Waals surface area contributed by atoms with Gasteiger partial charge in [0.2, 0.25) is 0 Å². The second kappa shape index (κ2) is 5.06. The van der Waals surface area contributed by atoms with Crippen molar-refractivity contribution in [3.63, 3.8) is 0 Å². The number of fused-ring (bicyclic) bond motifs is 1. The number of rotatable bonds is 4. The third-order valence-corrected chi connectivity index (χ3v) is 4.46. The van der Waals surface area contributed by atoms with Crippen molar-refractivity contribution >= 4 is 20.9 Å². The minimum Gasteiger partial charge on any atom is -0.312 e. The lowest BCUT2D eigenvalue weighted by Crippen LogP contribution is -2.24. The lowest BCUT2D eigenvalue weighted by Gasteiger charge is -2.15. The number of aryl methyl sites for hydroxylation is 2. The Morgan fingerprint density at radius 3 is 2.35 bits per heavy atom. The first-order chi connectivity index (χ1) is 9.24. The average molecular weight is 297 g/mol. The fourth-order valence-electron chi connectivity index (χ4n) is 2.39. The second-order valence-corrected chi connectivity index (χ2v) is 7.27. The number of imidazole rings is 1. The molecule has 1 aromatic carbocycles. The first-order valence-corrected chi connectivity index (χ1v) is 8.31. The summed E-state index contributed by atoms with van der Waals surface area (Å²) < 4.78 is 26.1. The van der Waals surface area contributed by atoms with Crippen molar-refractivity contribution in [3.8, 4) is 0 Å². The van der Waals surface area contributed by atoms with Gasteiger partial charge in [0.1, 0.15) is 9.84 Å². The summed E-state index contributed by atoms with van der Waals surface area (Å²) in [5.74, 6) is 0.0236. The summed E-state index contributed by atoms with van der Waals surface area (Å²) in [6.07, 6.45) is 1.22. The van der Waals surface area contributed by atoms with Gasteiger partial charge in [-0.15, -0.1) is 0 Å². The normalized spacial score (nSPS) is 13.8. The molecule has 0 radical (unpaired) electrons. The summed E-state index contributed by atoms with van der Waals surface area (Å²) in [6, 6.07) is 5.28. The molecule has 0 aliphatic heterocycles. The maximum absolute atomic E-state index is 11.9.